The summed E-state index contributed by atoms with van der Waals surface area (Å²) in [4.78, 5) is 17.1. The third-order valence-electron chi connectivity index (χ3n) is 4.41. The molecular weight excluding hydrogens is 414 g/mol. The van der Waals surface area contributed by atoms with E-state index in [9.17, 15) is 13.6 Å². The predicted octanol–water partition coefficient (Wildman–Crippen LogP) is 3.70. The van der Waals surface area contributed by atoms with Gasteiger partial charge in [0.25, 0.3) is 5.91 Å². The fourth-order valence-electron chi connectivity index (χ4n) is 3.03. The number of carbonyl (C=O) groups is 1. The van der Waals surface area contributed by atoms with Crippen molar-refractivity contribution >= 4 is 27.5 Å². The molecule has 0 unspecified atom stereocenters. The molecule has 0 saturated heterocycles. The van der Waals surface area contributed by atoms with Crippen LogP contribution in [0.15, 0.2) is 35.3 Å². The Morgan fingerprint density at radius 1 is 1.17 bits per heavy atom. The molecule has 3 rings (SSSR count). The number of benzene rings is 2. The lowest BCUT2D eigenvalue weighted by Gasteiger charge is -2.09. The van der Waals surface area contributed by atoms with Crippen molar-refractivity contribution in [3.8, 4) is 11.5 Å². The van der Waals surface area contributed by atoms with E-state index in [4.69, 9.17) is 14.2 Å². The van der Waals surface area contributed by atoms with Crippen LogP contribution in [0.2, 0.25) is 0 Å². The molecule has 0 N–H and O–H groups in total. The summed E-state index contributed by atoms with van der Waals surface area (Å²) >= 11 is 1.05. The van der Waals surface area contributed by atoms with Gasteiger partial charge < -0.3 is 18.8 Å². The molecule has 1 amide bonds. The molecule has 0 aliphatic heterocycles. The van der Waals surface area contributed by atoms with Crippen molar-refractivity contribution in [3.05, 3.63) is 52.3 Å². The number of carbonyl (C=O) groups excluding carboxylic acids is 1. The number of amides is 1. The van der Waals surface area contributed by atoms with Crippen molar-refractivity contribution in [2.75, 3.05) is 27.4 Å². The van der Waals surface area contributed by atoms with Gasteiger partial charge in [0, 0.05) is 30.8 Å². The lowest BCUT2D eigenvalue weighted by atomic mass is 10.1. The molecule has 160 valence electrons. The first-order chi connectivity index (χ1) is 14.5. The molecule has 0 radical (unpaired) electrons. The number of hydrogen-bond donors (Lipinski definition) is 0. The van der Waals surface area contributed by atoms with Crippen molar-refractivity contribution in [2.24, 2.45) is 4.99 Å². The largest absolute Gasteiger partial charge is 0.497 e. The van der Waals surface area contributed by atoms with Crippen molar-refractivity contribution in [1.82, 2.24) is 4.57 Å². The summed E-state index contributed by atoms with van der Waals surface area (Å²) in [7, 11) is 3.05. The zero-order valence-electron chi connectivity index (χ0n) is 16.9. The van der Waals surface area contributed by atoms with Crippen LogP contribution in [0.3, 0.4) is 0 Å². The number of hydrogen-bond acceptors (Lipinski definition) is 5. The van der Waals surface area contributed by atoms with Gasteiger partial charge in [0.05, 0.1) is 37.5 Å². The summed E-state index contributed by atoms with van der Waals surface area (Å²) in [5, 5.41) is 0. The molecule has 0 fully saturated rings. The number of aromatic nitrogens is 1. The van der Waals surface area contributed by atoms with Gasteiger partial charge in [-0.15, -0.1) is 0 Å². The highest BCUT2D eigenvalue weighted by molar-refractivity contribution is 7.16. The zero-order valence-corrected chi connectivity index (χ0v) is 17.7. The van der Waals surface area contributed by atoms with Crippen LogP contribution in [0.25, 0.3) is 10.2 Å². The highest BCUT2D eigenvalue weighted by atomic mass is 32.1. The molecule has 30 heavy (non-hydrogen) atoms. The van der Waals surface area contributed by atoms with Gasteiger partial charge in [0.15, 0.2) is 10.6 Å². The fraction of sp³-hybridized carbons (Fsp3) is 0.333. The molecule has 2 aromatic carbocycles. The van der Waals surface area contributed by atoms with Crippen molar-refractivity contribution in [1.29, 1.82) is 0 Å². The molecule has 0 saturated carbocycles. The topological polar surface area (TPSA) is 62.1 Å². The van der Waals surface area contributed by atoms with Gasteiger partial charge in [-0.05, 0) is 19.1 Å². The summed E-state index contributed by atoms with van der Waals surface area (Å²) < 4.78 is 45.8. The SMILES string of the molecule is CCOCCn1c(=NC(=O)Cc2ccc(OC)cc2OC)sc2cc(F)cc(F)c21. The smallest absolute Gasteiger partial charge is 0.252 e. The summed E-state index contributed by atoms with van der Waals surface area (Å²) in [6, 6.07) is 7.19. The van der Waals surface area contributed by atoms with Crippen LogP contribution in [-0.2, 0) is 22.5 Å². The van der Waals surface area contributed by atoms with Crippen molar-refractivity contribution in [3.63, 3.8) is 0 Å². The molecule has 0 bridgehead atoms. The van der Waals surface area contributed by atoms with Gasteiger partial charge in [-0.3, -0.25) is 4.79 Å². The first-order valence-corrected chi connectivity index (χ1v) is 10.1. The van der Waals surface area contributed by atoms with Gasteiger partial charge in [0.1, 0.15) is 17.3 Å². The Labute approximate surface area is 176 Å². The number of ether oxygens (including phenoxy) is 3. The Hall–Kier alpha value is -2.78. The van der Waals surface area contributed by atoms with Crippen LogP contribution in [-0.4, -0.2) is 37.9 Å². The van der Waals surface area contributed by atoms with E-state index in [1.807, 2.05) is 6.92 Å². The minimum atomic E-state index is -0.705. The predicted molar refractivity (Wildman–Crippen MR) is 110 cm³/mol. The second-order valence-electron chi connectivity index (χ2n) is 6.33. The number of rotatable bonds is 8. The summed E-state index contributed by atoms with van der Waals surface area (Å²) in [5.41, 5.74) is 0.848. The molecule has 6 nitrogen and oxygen atoms in total. The van der Waals surface area contributed by atoms with Gasteiger partial charge in [-0.2, -0.15) is 4.99 Å². The lowest BCUT2D eigenvalue weighted by molar-refractivity contribution is -0.117. The van der Waals surface area contributed by atoms with Crippen molar-refractivity contribution in [2.45, 2.75) is 19.9 Å². The fourth-order valence-corrected chi connectivity index (χ4v) is 4.14. The Morgan fingerprint density at radius 3 is 2.67 bits per heavy atom. The van der Waals surface area contributed by atoms with E-state index in [0.29, 0.717) is 35.0 Å². The van der Waals surface area contributed by atoms with Crippen LogP contribution in [0.4, 0.5) is 8.78 Å². The third-order valence-corrected chi connectivity index (χ3v) is 5.44. The van der Waals surface area contributed by atoms with E-state index in [2.05, 4.69) is 4.99 Å². The van der Waals surface area contributed by atoms with Crippen LogP contribution in [0.1, 0.15) is 12.5 Å². The molecule has 0 aliphatic carbocycles. The van der Waals surface area contributed by atoms with E-state index in [1.165, 1.54) is 13.2 Å². The quantitative estimate of drug-likeness (QED) is 0.505. The Morgan fingerprint density at radius 2 is 1.97 bits per heavy atom. The Bertz CT molecular complexity index is 1120. The van der Waals surface area contributed by atoms with E-state index in [1.54, 1.807) is 29.9 Å². The minimum Gasteiger partial charge on any atom is -0.497 e. The molecule has 0 atom stereocenters. The van der Waals surface area contributed by atoms with E-state index >= 15 is 0 Å². The molecule has 0 aliphatic rings. The maximum Gasteiger partial charge on any atom is 0.252 e. The molecule has 0 spiro atoms. The summed E-state index contributed by atoms with van der Waals surface area (Å²) in [6.07, 6.45) is -0.0102. The minimum absolute atomic E-state index is 0.0102. The molecule has 1 aromatic heterocycles. The van der Waals surface area contributed by atoms with E-state index < -0.39 is 17.5 Å². The third kappa shape index (κ3) is 4.85. The highest BCUT2D eigenvalue weighted by Gasteiger charge is 2.15. The zero-order chi connectivity index (χ0) is 21.7. The molecule has 3 aromatic rings. The lowest BCUT2D eigenvalue weighted by Crippen LogP contribution is -2.20. The van der Waals surface area contributed by atoms with E-state index in [0.717, 1.165) is 17.4 Å². The summed E-state index contributed by atoms with van der Waals surface area (Å²) in [6.45, 7) is 2.95. The second kappa shape index (κ2) is 9.82. The number of fused-ring (bicyclic) bond motifs is 1. The number of methoxy groups -OCH3 is 2. The van der Waals surface area contributed by atoms with Gasteiger partial charge >= 0.3 is 0 Å². The monoisotopic (exact) mass is 436 g/mol. The van der Waals surface area contributed by atoms with Crippen LogP contribution in [0, 0.1) is 11.6 Å². The Balaban J connectivity index is 1.99. The number of halogens is 2. The number of nitrogens with zero attached hydrogens (tertiary/aromatic N) is 2. The van der Waals surface area contributed by atoms with Crippen LogP contribution >= 0.6 is 11.3 Å². The molecular formula is C21H22F2N2O4S. The second-order valence-corrected chi connectivity index (χ2v) is 7.34. The summed E-state index contributed by atoms with van der Waals surface area (Å²) in [5.74, 6) is -0.707. The normalized spacial score (nSPS) is 11.8. The first-order valence-electron chi connectivity index (χ1n) is 9.31. The maximum atomic E-state index is 14.4. The highest BCUT2D eigenvalue weighted by Crippen LogP contribution is 2.25. The number of thiazole rings is 1. The van der Waals surface area contributed by atoms with E-state index in [-0.39, 0.29) is 23.3 Å². The Kier molecular flexibility index (Phi) is 7.17. The van der Waals surface area contributed by atoms with Crippen LogP contribution in [0.5, 0.6) is 11.5 Å². The molecule has 9 heteroatoms. The van der Waals surface area contributed by atoms with Gasteiger partial charge in [-0.1, -0.05) is 17.4 Å². The average Bonchev–Trinajstić information content (AvgIpc) is 3.05. The van der Waals surface area contributed by atoms with Gasteiger partial charge in [-0.25, -0.2) is 8.78 Å². The first kappa shape index (κ1) is 21.9. The van der Waals surface area contributed by atoms with Crippen LogP contribution < -0.4 is 14.3 Å². The molecule has 1 heterocycles. The van der Waals surface area contributed by atoms with Crippen molar-refractivity contribution < 1.29 is 27.8 Å². The average molecular weight is 436 g/mol. The van der Waals surface area contributed by atoms with Gasteiger partial charge in [0.2, 0.25) is 0 Å². The maximum absolute atomic E-state index is 14.4. The standard InChI is InChI=1S/C21H22F2N2O4S/c1-4-29-8-7-25-20-16(23)10-14(22)11-18(20)30-21(25)24-19(26)9-13-5-6-15(27-2)12-17(13)28-3/h5-6,10-12H,4,7-9H2,1-3H3.